The summed E-state index contributed by atoms with van der Waals surface area (Å²) < 4.78 is 4.25. The second-order valence-corrected chi connectivity index (χ2v) is 2.07. The molecule has 2 N–H and O–H groups in total. The molecule has 0 aliphatic rings. The van der Waals surface area contributed by atoms with Crippen molar-refractivity contribution in [3.63, 3.8) is 0 Å². The zero-order chi connectivity index (χ0) is 12.4. The van der Waals surface area contributed by atoms with Crippen LogP contribution in [0.1, 0.15) is 20.8 Å². The van der Waals surface area contributed by atoms with Crippen LogP contribution in [0.5, 0.6) is 0 Å². The molecule has 1 atom stereocenters. The van der Waals surface area contributed by atoms with E-state index < -0.39 is 0 Å². The Kier molecular flexibility index (Phi) is 64.4. The average molecular weight is 231 g/mol. The van der Waals surface area contributed by atoms with E-state index in [1.165, 1.54) is 14.2 Å². The zero-order valence-electron chi connectivity index (χ0n) is 10.2. The molecular weight excluding hydrogens is 206 g/mol. The van der Waals surface area contributed by atoms with Gasteiger partial charge in [-0.05, 0) is 14.0 Å². The van der Waals surface area contributed by atoms with Crippen LogP contribution in [0.4, 0.5) is 0 Å². The molecule has 0 rings (SSSR count). The van der Waals surface area contributed by atoms with Crippen LogP contribution in [0.15, 0.2) is 0 Å². The van der Waals surface area contributed by atoms with Gasteiger partial charge in [0.1, 0.15) is 5.44 Å². The maximum absolute atomic E-state index is 4.50. The fraction of sp³-hybridized carbons (Fsp3) is 1.00. The van der Waals surface area contributed by atoms with Gasteiger partial charge in [-0.3, -0.25) is 0 Å². The Morgan fingerprint density at radius 3 is 1.43 bits per heavy atom. The highest BCUT2D eigenvalue weighted by Gasteiger charge is 1.90. The summed E-state index contributed by atoms with van der Waals surface area (Å²) >= 11 is 3.80. The van der Waals surface area contributed by atoms with Crippen LogP contribution >= 0.6 is 12.6 Å². The van der Waals surface area contributed by atoms with Gasteiger partial charge in [-0.25, -0.2) is 4.89 Å². The standard InChI is InChI=1S/C3H8O3S.C2H6O.C2H6.CH5N/c1-3(7)5-6-4-2;1-3-2;2*1-2/h3,7H,1-2H3;1-2H3;1-2H3;2H2,1H3. The van der Waals surface area contributed by atoms with Crippen LogP contribution in [-0.4, -0.2) is 33.8 Å². The van der Waals surface area contributed by atoms with Crippen molar-refractivity contribution in [1.29, 1.82) is 0 Å². The van der Waals surface area contributed by atoms with Gasteiger partial charge in [-0.2, -0.15) is 4.89 Å². The normalized spacial score (nSPS) is 9.21. The van der Waals surface area contributed by atoms with E-state index in [0.29, 0.717) is 0 Å². The quantitative estimate of drug-likeness (QED) is 0.334. The Hall–Kier alpha value is 0.150. The van der Waals surface area contributed by atoms with Gasteiger partial charge in [0, 0.05) is 14.2 Å². The van der Waals surface area contributed by atoms with E-state index in [2.05, 4.69) is 37.9 Å². The van der Waals surface area contributed by atoms with Crippen molar-refractivity contribution in [2.45, 2.75) is 26.2 Å². The van der Waals surface area contributed by atoms with Crippen molar-refractivity contribution in [2.24, 2.45) is 5.73 Å². The fourth-order valence-corrected chi connectivity index (χ4v) is 0.131. The number of hydrogen-bond acceptors (Lipinski definition) is 6. The Balaban J connectivity index is -0.0000000603. The predicted molar refractivity (Wildman–Crippen MR) is 62.0 cm³/mol. The Bertz CT molecular complexity index is 58.6. The first-order valence-electron chi connectivity index (χ1n) is 4.21. The summed E-state index contributed by atoms with van der Waals surface area (Å²) in [6.45, 7) is 5.71. The van der Waals surface area contributed by atoms with E-state index in [9.17, 15) is 0 Å². The second-order valence-electron chi connectivity index (χ2n) is 1.34. The van der Waals surface area contributed by atoms with Gasteiger partial charge in [-0.15, -0.1) is 12.6 Å². The summed E-state index contributed by atoms with van der Waals surface area (Å²) in [5, 5.41) is 4.02. The van der Waals surface area contributed by atoms with Crippen LogP contribution < -0.4 is 5.73 Å². The molecule has 0 radical (unpaired) electrons. The first-order chi connectivity index (χ1) is 6.68. The molecular formula is C8H25NO4S. The molecule has 92 valence electrons. The minimum Gasteiger partial charge on any atom is -0.388 e. The third-order valence-corrected chi connectivity index (χ3v) is 0.333. The highest BCUT2D eigenvalue weighted by Crippen LogP contribution is 1.93. The number of ether oxygens (including phenoxy) is 1. The van der Waals surface area contributed by atoms with Gasteiger partial charge >= 0.3 is 0 Å². The SMILES string of the molecule is CC.CN.COC.COOOC(C)S. The van der Waals surface area contributed by atoms with Crippen LogP contribution in [-0.2, 0) is 19.6 Å². The number of methoxy groups -OCH3 is 1. The van der Waals surface area contributed by atoms with Gasteiger partial charge in [0.25, 0.3) is 0 Å². The fourth-order valence-electron chi connectivity index (χ4n) is 0.0961. The van der Waals surface area contributed by atoms with Crippen LogP contribution in [0.25, 0.3) is 0 Å². The third kappa shape index (κ3) is 87.7. The minimum absolute atomic E-state index is 0.250. The topological polar surface area (TPSA) is 62.9 Å². The molecule has 0 heterocycles. The van der Waals surface area contributed by atoms with E-state index in [-0.39, 0.29) is 5.44 Å². The minimum atomic E-state index is -0.250. The summed E-state index contributed by atoms with van der Waals surface area (Å²) in [6.07, 6.45) is 0. The average Bonchev–Trinajstić information content (AvgIpc) is 2.22. The van der Waals surface area contributed by atoms with Gasteiger partial charge in [0.15, 0.2) is 0 Å². The largest absolute Gasteiger partial charge is 0.388 e. The summed E-state index contributed by atoms with van der Waals surface area (Å²) in [4.78, 5) is 8.41. The van der Waals surface area contributed by atoms with Crippen molar-refractivity contribution >= 4 is 12.6 Å². The van der Waals surface area contributed by atoms with Gasteiger partial charge in [0.05, 0.1) is 7.11 Å². The molecule has 0 aliphatic carbocycles. The zero-order valence-corrected chi connectivity index (χ0v) is 11.1. The van der Waals surface area contributed by atoms with E-state index in [1.54, 1.807) is 21.1 Å². The molecule has 0 aliphatic heterocycles. The first-order valence-corrected chi connectivity index (χ1v) is 4.72. The Morgan fingerprint density at radius 2 is 1.36 bits per heavy atom. The first kappa shape index (κ1) is 23.8. The third-order valence-electron chi connectivity index (χ3n) is 0.247. The smallest absolute Gasteiger partial charge is 0.136 e. The molecule has 0 aromatic heterocycles. The molecule has 0 aromatic carbocycles. The van der Waals surface area contributed by atoms with Crippen molar-refractivity contribution in [3.8, 4) is 0 Å². The molecule has 0 saturated carbocycles. The predicted octanol–water partition coefficient (Wildman–Crippen LogP) is 1.64. The van der Waals surface area contributed by atoms with Gasteiger partial charge < -0.3 is 10.5 Å². The molecule has 14 heavy (non-hydrogen) atoms. The highest BCUT2D eigenvalue weighted by molar-refractivity contribution is 7.80. The number of hydrogen-bond donors (Lipinski definition) is 2. The summed E-state index contributed by atoms with van der Waals surface area (Å²) in [5.74, 6) is 0. The van der Waals surface area contributed by atoms with Crippen molar-refractivity contribution in [3.05, 3.63) is 0 Å². The van der Waals surface area contributed by atoms with E-state index in [0.717, 1.165) is 0 Å². The molecule has 0 aromatic rings. The summed E-state index contributed by atoms with van der Waals surface area (Å²) in [5.41, 5.74) is 4.25. The van der Waals surface area contributed by atoms with E-state index >= 15 is 0 Å². The maximum Gasteiger partial charge on any atom is 0.136 e. The molecule has 0 fully saturated rings. The number of rotatable bonds is 3. The number of nitrogens with two attached hydrogens (primary N) is 1. The van der Waals surface area contributed by atoms with Gasteiger partial charge in [-0.1, -0.05) is 18.9 Å². The van der Waals surface area contributed by atoms with Crippen molar-refractivity contribution in [1.82, 2.24) is 0 Å². The molecule has 0 amide bonds. The molecule has 6 heteroatoms. The Morgan fingerprint density at radius 1 is 1.07 bits per heavy atom. The molecule has 0 spiro atoms. The van der Waals surface area contributed by atoms with Crippen LogP contribution in [0.3, 0.4) is 0 Å². The lowest BCUT2D eigenvalue weighted by Gasteiger charge is -1.99. The van der Waals surface area contributed by atoms with Crippen LogP contribution in [0, 0.1) is 0 Å². The summed E-state index contributed by atoms with van der Waals surface area (Å²) in [7, 11) is 6.11. The van der Waals surface area contributed by atoms with Crippen molar-refractivity contribution in [2.75, 3.05) is 28.4 Å². The van der Waals surface area contributed by atoms with Crippen molar-refractivity contribution < 1.29 is 19.6 Å². The second kappa shape index (κ2) is 38.0. The molecule has 0 saturated heterocycles. The number of thiol groups is 1. The monoisotopic (exact) mass is 231 g/mol. The Labute approximate surface area is 93.1 Å². The summed E-state index contributed by atoms with van der Waals surface area (Å²) in [6, 6.07) is 0. The van der Waals surface area contributed by atoms with Gasteiger partial charge in [0.2, 0.25) is 0 Å². The maximum atomic E-state index is 4.50. The highest BCUT2D eigenvalue weighted by atomic mass is 32.1. The lowest BCUT2D eigenvalue weighted by molar-refractivity contribution is -0.505. The molecule has 1 unspecified atom stereocenters. The van der Waals surface area contributed by atoms with E-state index in [4.69, 9.17) is 0 Å². The molecule has 5 nitrogen and oxygen atoms in total. The lowest BCUT2D eigenvalue weighted by atomic mass is 10.9. The van der Waals surface area contributed by atoms with Crippen LogP contribution in [0.2, 0.25) is 0 Å². The van der Waals surface area contributed by atoms with E-state index in [1.807, 2.05) is 13.8 Å². The molecule has 0 bridgehead atoms. The lowest BCUT2D eigenvalue weighted by Crippen LogP contribution is -1.99.